The van der Waals surface area contributed by atoms with Crippen LogP contribution in [0.25, 0.3) is 0 Å². The molecule has 0 bridgehead atoms. The van der Waals surface area contributed by atoms with Crippen molar-refractivity contribution in [2.24, 2.45) is 5.92 Å². The van der Waals surface area contributed by atoms with Crippen LogP contribution in [0.2, 0.25) is 0 Å². The molecule has 1 aromatic rings. The number of aliphatic hydroxyl groups is 1. The summed E-state index contributed by atoms with van der Waals surface area (Å²) in [6, 6.07) is 5.81. The van der Waals surface area contributed by atoms with Gasteiger partial charge in [-0.05, 0) is 31.5 Å². The minimum Gasteiger partial charge on any atom is -0.389 e. The van der Waals surface area contributed by atoms with Crippen LogP contribution in [0.4, 0.5) is 5.82 Å². The Labute approximate surface area is 96.2 Å². The molecule has 0 aliphatic heterocycles. The normalized spacial score (nSPS) is 13.9. The molecule has 0 aliphatic carbocycles. The van der Waals surface area contributed by atoms with E-state index in [4.69, 9.17) is 5.26 Å². The number of rotatable bonds is 4. The van der Waals surface area contributed by atoms with Crippen LogP contribution in [-0.2, 0) is 0 Å². The molecule has 0 fully saturated rings. The Morgan fingerprint density at radius 1 is 1.56 bits per heavy atom. The number of anilines is 1. The minimum atomic E-state index is -0.497. The van der Waals surface area contributed by atoms with Crippen LogP contribution in [-0.4, -0.2) is 23.7 Å². The van der Waals surface area contributed by atoms with Crippen molar-refractivity contribution in [2.45, 2.75) is 20.0 Å². The van der Waals surface area contributed by atoms with Crippen LogP contribution in [0.5, 0.6) is 0 Å². The maximum atomic E-state index is 9.46. The lowest BCUT2D eigenvalue weighted by atomic mass is 10.1. The third-order valence-electron chi connectivity index (χ3n) is 2.41. The van der Waals surface area contributed by atoms with Crippen LogP contribution >= 0.6 is 0 Å². The van der Waals surface area contributed by atoms with Crippen LogP contribution in [0, 0.1) is 17.2 Å². The summed E-state index contributed by atoms with van der Waals surface area (Å²) in [5, 5.41) is 18.2. The first-order chi connectivity index (χ1) is 7.54. The number of hydrogen-bond acceptors (Lipinski definition) is 4. The lowest BCUT2D eigenvalue weighted by Gasteiger charge is -2.20. The van der Waals surface area contributed by atoms with E-state index in [1.807, 2.05) is 24.9 Å². The Hall–Kier alpha value is -1.60. The minimum absolute atomic E-state index is 0.0398. The predicted octanol–water partition coefficient (Wildman–Crippen LogP) is 1.73. The van der Waals surface area contributed by atoms with Crippen LogP contribution < -0.4 is 4.90 Å². The molecule has 1 heterocycles. The van der Waals surface area contributed by atoms with Crippen molar-refractivity contribution < 1.29 is 5.11 Å². The molecular weight excluding hydrogens is 202 g/mol. The Bertz CT molecular complexity index is 384. The average Bonchev–Trinajstić information content (AvgIpc) is 2.28. The summed E-state index contributed by atoms with van der Waals surface area (Å²) in [6.45, 7) is 4.22. The number of hydrogen-bond donors (Lipinski definition) is 1. The van der Waals surface area contributed by atoms with Crippen molar-refractivity contribution in [1.82, 2.24) is 4.98 Å². The molecule has 1 aromatic heterocycles. The van der Waals surface area contributed by atoms with E-state index in [1.165, 1.54) is 0 Å². The fourth-order valence-corrected chi connectivity index (χ4v) is 1.45. The second-order valence-electron chi connectivity index (χ2n) is 4.03. The molecule has 4 nitrogen and oxygen atoms in total. The van der Waals surface area contributed by atoms with Gasteiger partial charge in [-0.2, -0.15) is 5.26 Å². The van der Waals surface area contributed by atoms with Crippen molar-refractivity contribution in [2.75, 3.05) is 18.5 Å². The van der Waals surface area contributed by atoms with E-state index >= 15 is 0 Å². The summed E-state index contributed by atoms with van der Waals surface area (Å²) in [5.41, 5.74) is 0.835. The van der Waals surface area contributed by atoms with Gasteiger partial charge in [-0.1, -0.05) is 0 Å². The first-order valence-electron chi connectivity index (χ1n) is 5.29. The zero-order chi connectivity index (χ0) is 12.1. The molecule has 0 amide bonds. The van der Waals surface area contributed by atoms with E-state index in [0.29, 0.717) is 6.54 Å². The van der Waals surface area contributed by atoms with Gasteiger partial charge in [0, 0.05) is 19.8 Å². The smallest absolute Gasteiger partial charge is 0.128 e. The third kappa shape index (κ3) is 3.21. The number of aliphatic hydroxyl groups excluding tert-OH is 1. The molecule has 0 radical (unpaired) electrons. The van der Waals surface area contributed by atoms with Crippen molar-refractivity contribution in [3.05, 3.63) is 23.9 Å². The van der Waals surface area contributed by atoms with E-state index in [-0.39, 0.29) is 5.92 Å². The highest BCUT2D eigenvalue weighted by Gasteiger charge is 2.09. The molecule has 1 unspecified atom stereocenters. The number of pyridine rings is 1. The summed E-state index contributed by atoms with van der Waals surface area (Å²) in [4.78, 5) is 6.13. The molecule has 0 aromatic carbocycles. The summed E-state index contributed by atoms with van der Waals surface area (Å²) in [5.74, 6) is 0.738. The van der Waals surface area contributed by atoms with Gasteiger partial charge in [0.2, 0.25) is 0 Å². The van der Waals surface area contributed by atoms with Crippen molar-refractivity contribution in [3.63, 3.8) is 0 Å². The maximum Gasteiger partial charge on any atom is 0.128 e. The second-order valence-corrected chi connectivity index (χ2v) is 4.03. The van der Waals surface area contributed by atoms with Gasteiger partial charge in [0.1, 0.15) is 5.82 Å². The zero-order valence-electron chi connectivity index (χ0n) is 9.88. The first kappa shape index (κ1) is 12.5. The molecule has 0 saturated heterocycles. The molecular formula is C12H17N3O. The van der Waals surface area contributed by atoms with E-state index in [2.05, 4.69) is 11.1 Å². The van der Waals surface area contributed by atoms with Gasteiger partial charge in [-0.25, -0.2) is 4.98 Å². The fourth-order valence-electron chi connectivity index (χ4n) is 1.45. The van der Waals surface area contributed by atoms with Crippen molar-refractivity contribution in [1.29, 1.82) is 5.26 Å². The second kappa shape index (κ2) is 5.47. The molecule has 1 N–H and O–H groups in total. The predicted molar refractivity (Wildman–Crippen MR) is 62.9 cm³/mol. The number of nitriles is 1. The fraction of sp³-hybridized carbons (Fsp3) is 0.500. The Balaban J connectivity index is 2.80. The summed E-state index contributed by atoms with van der Waals surface area (Å²) in [7, 11) is 1.89. The summed E-state index contributed by atoms with van der Waals surface area (Å²) >= 11 is 0. The molecule has 16 heavy (non-hydrogen) atoms. The Morgan fingerprint density at radius 2 is 2.25 bits per heavy atom. The highest BCUT2D eigenvalue weighted by molar-refractivity contribution is 5.40. The third-order valence-corrected chi connectivity index (χ3v) is 2.41. The van der Waals surface area contributed by atoms with Gasteiger partial charge >= 0.3 is 0 Å². The lowest BCUT2D eigenvalue weighted by Crippen LogP contribution is -2.24. The average molecular weight is 219 g/mol. The molecule has 2 atom stereocenters. The van der Waals surface area contributed by atoms with Crippen LogP contribution in [0.1, 0.15) is 25.5 Å². The molecule has 0 aliphatic rings. The Kier molecular flexibility index (Phi) is 4.27. The number of nitrogens with zero attached hydrogens (tertiary/aromatic N) is 3. The zero-order valence-corrected chi connectivity index (χ0v) is 9.88. The van der Waals surface area contributed by atoms with Gasteiger partial charge in [-0.3, -0.25) is 0 Å². The number of aromatic nitrogens is 1. The quantitative estimate of drug-likeness (QED) is 0.837. The summed E-state index contributed by atoms with van der Waals surface area (Å²) < 4.78 is 0. The highest BCUT2D eigenvalue weighted by atomic mass is 16.3. The van der Waals surface area contributed by atoms with E-state index in [9.17, 15) is 5.11 Å². The molecule has 0 spiro atoms. The summed E-state index contributed by atoms with van der Waals surface area (Å²) in [6.07, 6.45) is 1.17. The topological polar surface area (TPSA) is 60.2 Å². The van der Waals surface area contributed by atoms with E-state index in [0.717, 1.165) is 11.4 Å². The molecule has 4 heteroatoms. The standard InChI is InChI=1S/C12H17N3O/c1-9(7-13)8-15(3)12-6-11(10(2)16)4-5-14-12/h4-6,9-10,16H,8H2,1-3H3/t9?,10-/m1/s1. The van der Waals surface area contributed by atoms with Gasteiger partial charge in [0.25, 0.3) is 0 Å². The van der Waals surface area contributed by atoms with E-state index < -0.39 is 6.10 Å². The van der Waals surface area contributed by atoms with Gasteiger partial charge in [-0.15, -0.1) is 0 Å². The first-order valence-corrected chi connectivity index (χ1v) is 5.29. The maximum absolute atomic E-state index is 9.46. The van der Waals surface area contributed by atoms with Crippen molar-refractivity contribution in [3.8, 4) is 6.07 Å². The van der Waals surface area contributed by atoms with Crippen molar-refractivity contribution >= 4 is 5.82 Å². The van der Waals surface area contributed by atoms with Gasteiger partial charge in [0.15, 0.2) is 0 Å². The molecule has 86 valence electrons. The monoisotopic (exact) mass is 219 g/mol. The van der Waals surface area contributed by atoms with Crippen LogP contribution in [0.3, 0.4) is 0 Å². The SMILES string of the molecule is CC(C#N)CN(C)c1cc([C@@H](C)O)ccn1. The van der Waals surface area contributed by atoms with E-state index in [1.54, 1.807) is 19.2 Å². The lowest BCUT2D eigenvalue weighted by molar-refractivity contribution is 0.199. The van der Waals surface area contributed by atoms with Crippen LogP contribution in [0.15, 0.2) is 18.3 Å². The van der Waals surface area contributed by atoms with Gasteiger partial charge < -0.3 is 10.0 Å². The van der Waals surface area contributed by atoms with Gasteiger partial charge in [0.05, 0.1) is 18.1 Å². The largest absolute Gasteiger partial charge is 0.389 e. The highest BCUT2D eigenvalue weighted by Crippen LogP contribution is 2.17. The Morgan fingerprint density at radius 3 is 2.81 bits per heavy atom. The molecule has 0 saturated carbocycles. The molecule has 1 rings (SSSR count).